The lowest BCUT2D eigenvalue weighted by Crippen LogP contribution is -2.30. The molecule has 2 fully saturated rings. The molecular formula is C13H25NS. The van der Waals surface area contributed by atoms with Crippen LogP contribution in [0.3, 0.4) is 0 Å². The van der Waals surface area contributed by atoms with Gasteiger partial charge < -0.3 is 4.90 Å². The first-order valence-electron chi connectivity index (χ1n) is 6.36. The smallest absolute Gasteiger partial charge is 0.00753 e. The van der Waals surface area contributed by atoms with Crippen molar-refractivity contribution in [3.63, 3.8) is 0 Å². The second-order valence-corrected chi connectivity index (χ2v) is 8.19. The van der Waals surface area contributed by atoms with Crippen molar-refractivity contribution in [3.05, 3.63) is 0 Å². The minimum Gasteiger partial charge on any atom is -0.303 e. The maximum Gasteiger partial charge on any atom is 0.00753 e. The van der Waals surface area contributed by atoms with Crippen LogP contribution < -0.4 is 0 Å². The molecule has 0 unspecified atom stereocenters. The number of rotatable bonds is 4. The lowest BCUT2D eigenvalue weighted by atomic mass is 10.1. The Kier molecular flexibility index (Phi) is 3.37. The van der Waals surface area contributed by atoms with Crippen molar-refractivity contribution < 1.29 is 0 Å². The highest BCUT2D eigenvalue weighted by Gasteiger charge is 2.44. The molecule has 1 saturated carbocycles. The van der Waals surface area contributed by atoms with Crippen molar-refractivity contribution >= 4 is 11.8 Å². The van der Waals surface area contributed by atoms with E-state index in [1.165, 1.54) is 51.1 Å². The molecule has 0 atom stereocenters. The van der Waals surface area contributed by atoms with Gasteiger partial charge in [-0.25, -0.2) is 0 Å². The summed E-state index contributed by atoms with van der Waals surface area (Å²) in [4.78, 5) is 2.69. The van der Waals surface area contributed by atoms with Gasteiger partial charge in [0.2, 0.25) is 0 Å². The fourth-order valence-corrected chi connectivity index (χ4v) is 3.43. The monoisotopic (exact) mass is 227 g/mol. The third kappa shape index (κ3) is 3.67. The van der Waals surface area contributed by atoms with Gasteiger partial charge in [-0.15, -0.1) is 0 Å². The predicted molar refractivity (Wildman–Crippen MR) is 69.6 cm³/mol. The molecule has 0 N–H and O–H groups in total. The van der Waals surface area contributed by atoms with E-state index < -0.39 is 0 Å². The molecule has 0 bridgehead atoms. The van der Waals surface area contributed by atoms with Crippen LogP contribution >= 0.6 is 11.8 Å². The molecule has 88 valence electrons. The van der Waals surface area contributed by atoms with Crippen molar-refractivity contribution in [3.8, 4) is 0 Å². The molecule has 1 heterocycles. The Hall–Kier alpha value is 0.310. The molecule has 2 rings (SSSR count). The van der Waals surface area contributed by atoms with Gasteiger partial charge in [-0.2, -0.15) is 11.8 Å². The zero-order chi connectivity index (χ0) is 10.9. The maximum absolute atomic E-state index is 2.69. The standard InChI is InChI=1S/C13H25NS/c1-12(2,3)15-11-13(6-7-13)10-14-8-4-5-9-14/h4-11H2,1-3H3. The Labute approximate surface area is 99.0 Å². The summed E-state index contributed by atoms with van der Waals surface area (Å²) in [6, 6.07) is 0. The van der Waals surface area contributed by atoms with Crippen molar-refractivity contribution in [1.29, 1.82) is 0 Å². The fraction of sp³-hybridized carbons (Fsp3) is 1.00. The van der Waals surface area contributed by atoms with Crippen LogP contribution in [0.4, 0.5) is 0 Å². The van der Waals surface area contributed by atoms with Gasteiger partial charge in [0.1, 0.15) is 0 Å². The molecule has 1 aliphatic carbocycles. The lowest BCUT2D eigenvalue weighted by molar-refractivity contribution is 0.279. The van der Waals surface area contributed by atoms with Gasteiger partial charge >= 0.3 is 0 Å². The minimum atomic E-state index is 0.445. The van der Waals surface area contributed by atoms with E-state index in [-0.39, 0.29) is 0 Å². The van der Waals surface area contributed by atoms with Crippen LogP contribution in [-0.4, -0.2) is 35.0 Å². The number of likely N-dealkylation sites (tertiary alicyclic amines) is 1. The summed E-state index contributed by atoms with van der Waals surface area (Å²) in [6.45, 7) is 11.1. The van der Waals surface area contributed by atoms with Crippen molar-refractivity contribution in [1.82, 2.24) is 4.90 Å². The zero-order valence-corrected chi connectivity index (χ0v) is 11.3. The average Bonchev–Trinajstić information content (AvgIpc) is 2.69. The van der Waals surface area contributed by atoms with Gasteiger partial charge in [0.25, 0.3) is 0 Å². The quantitative estimate of drug-likeness (QED) is 0.724. The number of hydrogen-bond donors (Lipinski definition) is 0. The number of nitrogens with zero attached hydrogens (tertiary/aromatic N) is 1. The lowest BCUT2D eigenvalue weighted by Gasteiger charge is -2.26. The number of hydrogen-bond acceptors (Lipinski definition) is 2. The summed E-state index contributed by atoms with van der Waals surface area (Å²) in [5.41, 5.74) is 0.711. The maximum atomic E-state index is 2.69. The van der Waals surface area contributed by atoms with Crippen molar-refractivity contribution in [2.45, 2.75) is 51.2 Å². The number of thioether (sulfide) groups is 1. The van der Waals surface area contributed by atoms with Crippen LogP contribution in [0.25, 0.3) is 0 Å². The van der Waals surface area contributed by atoms with Crippen molar-refractivity contribution in [2.75, 3.05) is 25.4 Å². The molecule has 2 aliphatic rings. The van der Waals surface area contributed by atoms with E-state index in [0.29, 0.717) is 10.2 Å². The van der Waals surface area contributed by atoms with E-state index >= 15 is 0 Å². The van der Waals surface area contributed by atoms with Crippen LogP contribution in [0, 0.1) is 5.41 Å². The van der Waals surface area contributed by atoms with E-state index in [9.17, 15) is 0 Å². The van der Waals surface area contributed by atoms with Gasteiger partial charge in [0.05, 0.1) is 0 Å². The summed E-state index contributed by atoms with van der Waals surface area (Å²) < 4.78 is 0.445. The van der Waals surface area contributed by atoms with Gasteiger partial charge in [0, 0.05) is 17.0 Å². The molecule has 1 nitrogen and oxygen atoms in total. The van der Waals surface area contributed by atoms with Crippen LogP contribution in [0.5, 0.6) is 0 Å². The van der Waals surface area contributed by atoms with Crippen LogP contribution in [0.1, 0.15) is 46.5 Å². The molecule has 1 saturated heterocycles. The van der Waals surface area contributed by atoms with Gasteiger partial charge in [0.15, 0.2) is 0 Å². The van der Waals surface area contributed by atoms with E-state index in [0.717, 1.165) is 0 Å². The Morgan fingerprint density at radius 1 is 1.13 bits per heavy atom. The minimum absolute atomic E-state index is 0.445. The van der Waals surface area contributed by atoms with Crippen LogP contribution in [-0.2, 0) is 0 Å². The molecule has 2 heteroatoms. The average molecular weight is 227 g/mol. The third-order valence-corrected chi connectivity index (χ3v) is 5.15. The van der Waals surface area contributed by atoms with Gasteiger partial charge in [-0.05, 0) is 44.2 Å². The summed E-state index contributed by atoms with van der Waals surface area (Å²) in [6.07, 6.45) is 5.82. The molecule has 0 amide bonds. The highest BCUT2D eigenvalue weighted by atomic mass is 32.2. The first-order valence-corrected chi connectivity index (χ1v) is 7.34. The molecule has 1 aliphatic heterocycles. The van der Waals surface area contributed by atoms with E-state index in [2.05, 4.69) is 37.4 Å². The van der Waals surface area contributed by atoms with E-state index in [1.54, 1.807) is 0 Å². The van der Waals surface area contributed by atoms with Gasteiger partial charge in [-0.3, -0.25) is 0 Å². The summed E-state index contributed by atoms with van der Waals surface area (Å²) >= 11 is 2.16. The zero-order valence-electron chi connectivity index (χ0n) is 10.5. The van der Waals surface area contributed by atoms with Crippen LogP contribution in [0.15, 0.2) is 0 Å². The largest absolute Gasteiger partial charge is 0.303 e. The topological polar surface area (TPSA) is 3.24 Å². The molecular weight excluding hydrogens is 202 g/mol. The Bertz CT molecular complexity index is 209. The Balaban J connectivity index is 1.75. The summed E-state index contributed by atoms with van der Waals surface area (Å²) in [7, 11) is 0. The first kappa shape index (κ1) is 11.8. The first-order chi connectivity index (χ1) is 6.99. The summed E-state index contributed by atoms with van der Waals surface area (Å²) in [5, 5.41) is 0. The normalized spacial score (nSPS) is 25.8. The Morgan fingerprint density at radius 3 is 2.20 bits per heavy atom. The highest BCUT2D eigenvalue weighted by molar-refractivity contribution is 8.00. The SMILES string of the molecule is CC(C)(C)SCC1(CN2CCCC2)CC1. The second-order valence-electron chi connectivity index (χ2n) is 6.38. The fourth-order valence-electron chi connectivity index (χ4n) is 2.31. The molecule has 15 heavy (non-hydrogen) atoms. The highest BCUT2D eigenvalue weighted by Crippen LogP contribution is 2.50. The molecule has 0 aromatic heterocycles. The predicted octanol–water partition coefficient (Wildman–Crippen LogP) is 3.39. The molecule has 0 spiro atoms. The van der Waals surface area contributed by atoms with Crippen molar-refractivity contribution in [2.24, 2.45) is 5.41 Å². The second kappa shape index (κ2) is 4.29. The third-order valence-electron chi connectivity index (χ3n) is 3.53. The van der Waals surface area contributed by atoms with E-state index in [4.69, 9.17) is 0 Å². The van der Waals surface area contributed by atoms with Gasteiger partial charge in [-0.1, -0.05) is 20.8 Å². The Morgan fingerprint density at radius 2 is 1.73 bits per heavy atom. The molecule has 0 aromatic rings. The summed E-state index contributed by atoms with van der Waals surface area (Å²) in [5.74, 6) is 1.38. The molecule has 0 radical (unpaired) electrons. The van der Waals surface area contributed by atoms with E-state index in [1.807, 2.05) is 0 Å². The van der Waals surface area contributed by atoms with Crippen LogP contribution in [0.2, 0.25) is 0 Å². The molecule has 0 aromatic carbocycles.